The van der Waals surface area contributed by atoms with Gasteiger partial charge in [-0.3, -0.25) is 14.5 Å². The Kier molecular flexibility index (Phi) is 11.7. The van der Waals surface area contributed by atoms with Crippen LogP contribution in [0, 0.1) is 13.8 Å². The van der Waals surface area contributed by atoms with Crippen LogP contribution < -0.4 is 0 Å². The number of carbonyl (C=O) groups excluding carboxylic acids is 2. The highest BCUT2D eigenvalue weighted by Gasteiger charge is 2.41. The Labute approximate surface area is 315 Å². The number of hydrogen-bond acceptors (Lipinski definition) is 5. The number of rotatable bonds is 19. The molecule has 4 nitrogen and oxygen atoms in total. The van der Waals surface area contributed by atoms with Gasteiger partial charge in [0.15, 0.2) is 0 Å². The number of thiophene rings is 3. The topological polar surface area (TPSA) is 42.3 Å². The Balaban J connectivity index is 1.15. The van der Waals surface area contributed by atoms with Crippen molar-refractivity contribution in [3.8, 4) is 9.75 Å². The normalized spacial score (nSPS) is 13.4. The number of aromatic nitrogens is 1. The van der Waals surface area contributed by atoms with Crippen LogP contribution >= 0.6 is 34.0 Å². The molecular weight excluding hydrogens is 685 g/mol. The molecule has 1 aliphatic heterocycles. The maximum Gasteiger partial charge on any atom is 0.263 e. The van der Waals surface area contributed by atoms with E-state index in [1.54, 1.807) is 22.7 Å². The van der Waals surface area contributed by atoms with Crippen molar-refractivity contribution in [1.82, 2.24) is 9.47 Å². The first-order valence-corrected chi connectivity index (χ1v) is 22.2. The second-order valence-corrected chi connectivity index (χ2v) is 18.5. The van der Waals surface area contributed by atoms with E-state index in [0.717, 1.165) is 34.0 Å². The van der Waals surface area contributed by atoms with Crippen LogP contribution in [0.2, 0.25) is 0 Å². The summed E-state index contributed by atoms with van der Waals surface area (Å²) in [7, 11) is 0. The number of aryl methyl sites for hydroxylation is 3. The molecule has 0 unspecified atom stereocenters. The molecule has 2 aromatic carbocycles. The van der Waals surface area contributed by atoms with Crippen LogP contribution in [0.1, 0.15) is 147 Å². The lowest BCUT2D eigenvalue weighted by molar-refractivity contribution is 0.0651. The molecule has 5 heterocycles. The molecule has 0 spiro atoms. The molecule has 4 aromatic heterocycles. The zero-order chi connectivity index (χ0) is 35.5. The number of fused-ring (bicyclic) bond motifs is 6. The SMILES string of the molecule is CCCCCCCCCCCCn1c2cc3cc(C)sc3cc2c2cc3sc(-c4sc(C)c5c4C(=O)N(CCCCCCCC)C5=O)cc3cc21. The van der Waals surface area contributed by atoms with E-state index < -0.39 is 0 Å². The van der Waals surface area contributed by atoms with Gasteiger partial charge in [0.25, 0.3) is 11.8 Å². The zero-order valence-electron chi connectivity index (χ0n) is 31.1. The van der Waals surface area contributed by atoms with Gasteiger partial charge >= 0.3 is 0 Å². The van der Waals surface area contributed by atoms with Crippen LogP contribution in [-0.2, 0) is 6.54 Å². The van der Waals surface area contributed by atoms with Crippen molar-refractivity contribution in [3.05, 3.63) is 57.3 Å². The second kappa shape index (κ2) is 16.3. The monoisotopic (exact) mass is 738 g/mol. The summed E-state index contributed by atoms with van der Waals surface area (Å²) in [4.78, 5) is 33.2. The maximum atomic E-state index is 13.8. The van der Waals surface area contributed by atoms with Crippen molar-refractivity contribution >= 4 is 87.8 Å². The molecule has 270 valence electrons. The second-order valence-electron chi connectivity index (χ2n) is 14.9. The minimum absolute atomic E-state index is 0.0991. The molecule has 0 aliphatic carbocycles. The minimum atomic E-state index is -0.102. The number of benzene rings is 2. The van der Waals surface area contributed by atoms with E-state index in [0.29, 0.717) is 17.7 Å². The Bertz CT molecular complexity index is 2180. The highest BCUT2D eigenvalue weighted by molar-refractivity contribution is 7.26. The molecule has 0 atom stereocenters. The van der Waals surface area contributed by atoms with E-state index >= 15 is 0 Å². The van der Waals surface area contributed by atoms with Crippen LogP contribution in [0.4, 0.5) is 0 Å². The fourth-order valence-corrected chi connectivity index (χ4v) is 11.5. The summed E-state index contributed by atoms with van der Waals surface area (Å²) in [5, 5.41) is 5.21. The summed E-state index contributed by atoms with van der Waals surface area (Å²) in [5.41, 5.74) is 3.91. The molecule has 7 heteroatoms. The molecular formula is C44H54N2O2S3. The molecule has 7 rings (SSSR count). The number of amides is 2. The van der Waals surface area contributed by atoms with Crippen LogP contribution in [-0.4, -0.2) is 27.8 Å². The molecule has 0 saturated heterocycles. The molecule has 6 aromatic rings. The lowest BCUT2D eigenvalue weighted by atomic mass is 10.1. The Morgan fingerprint density at radius 2 is 1.04 bits per heavy atom. The highest BCUT2D eigenvalue weighted by Crippen LogP contribution is 2.47. The Morgan fingerprint density at radius 3 is 1.65 bits per heavy atom. The average Bonchev–Trinajstić information content (AvgIpc) is 3.90. The zero-order valence-corrected chi connectivity index (χ0v) is 33.6. The summed E-state index contributed by atoms with van der Waals surface area (Å²) in [6, 6.07) is 14.2. The van der Waals surface area contributed by atoms with Gasteiger partial charge in [-0.05, 0) is 73.9 Å². The largest absolute Gasteiger partial charge is 0.340 e. The van der Waals surface area contributed by atoms with Gasteiger partial charge in [0, 0.05) is 58.9 Å². The van der Waals surface area contributed by atoms with Crippen LogP contribution in [0.25, 0.3) is 51.7 Å². The summed E-state index contributed by atoms with van der Waals surface area (Å²) < 4.78 is 5.16. The lowest BCUT2D eigenvalue weighted by Crippen LogP contribution is -2.31. The Hall–Kier alpha value is -3.00. The fourth-order valence-electron chi connectivity index (χ4n) is 8.20. The van der Waals surface area contributed by atoms with Crippen molar-refractivity contribution in [1.29, 1.82) is 0 Å². The molecule has 0 N–H and O–H groups in total. The number of nitrogens with zero attached hydrogens (tertiary/aromatic N) is 2. The van der Waals surface area contributed by atoms with E-state index in [4.69, 9.17) is 0 Å². The number of carbonyl (C=O) groups is 2. The quantitative estimate of drug-likeness (QED) is 0.0613. The smallest absolute Gasteiger partial charge is 0.263 e. The first kappa shape index (κ1) is 36.4. The third-order valence-electron chi connectivity index (χ3n) is 11.0. The third-order valence-corrected chi connectivity index (χ3v) is 14.4. The summed E-state index contributed by atoms with van der Waals surface area (Å²) >= 11 is 5.25. The summed E-state index contributed by atoms with van der Waals surface area (Å²) in [6.07, 6.45) is 20.2. The van der Waals surface area contributed by atoms with Gasteiger partial charge in [0.1, 0.15) is 0 Å². The molecule has 0 saturated carbocycles. The van der Waals surface area contributed by atoms with E-state index in [1.807, 2.05) is 18.3 Å². The molecule has 51 heavy (non-hydrogen) atoms. The molecule has 0 radical (unpaired) electrons. The van der Waals surface area contributed by atoms with Gasteiger partial charge in [-0.15, -0.1) is 34.0 Å². The lowest BCUT2D eigenvalue weighted by Gasteiger charge is -2.14. The molecule has 2 amide bonds. The number of imide groups is 1. The van der Waals surface area contributed by atoms with E-state index in [1.165, 1.54) is 142 Å². The first-order valence-electron chi connectivity index (χ1n) is 19.8. The van der Waals surface area contributed by atoms with E-state index in [9.17, 15) is 9.59 Å². The van der Waals surface area contributed by atoms with Gasteiger partial charge < -0.3 is 4.57 Å². The molecule has 1 aliphatic rings. The number of hydrogen-bond donors (Lipinski definition) is 0. The van der Waals surface area contributed by atoms with Gasteiger partial charge in [-0.25, -0.2) is 0 Å². The Morgan fingerprint density at radius 1 is 0.529 bits per heavy atom. The van der Waals surface area contributed by atoms with Crippen molar-refractivity contribution in [3.63, 3.8) is 0 Å². The highest BCUT2D eigenvalue weighted by atomic mass is 32.1. The predicted molar refractivity (Wildman–Crippen MR) is 224 cm³/mol. The fraction of sp³-hybridized carbons (Fsp3) is 0.500. The van der Waals surface area contributed by atoms with Crippen LogP contribution in [0.15, 0.2) is 36.4 Å². The third kappa shape index (κ3) is 7.45. The van der Waals surface area contributed by atoms with E-state index in [2.05, 4.69) is 61.7 Å². The van der Waals surface area contributed by atoms with Crippen molar-refractivity contribution in [2.75, 3.05) is 6.54 Å². The van der Waals surface area contributed by atoms with E-state index in [-0.39, 0.29) is 11.8 Å². The minimum Gasteiger partial charge on any atom is -0.340 e. The summed E-state index contributed by atoms with van der Waals surface area (Å²) in [6.45, 7) is 10.3. The van der Waals surface area contributed by atoms with Gasteiger partial charge in [-0.2, -0.15) is 0 Å². The number of unbranched alkanes of at least 4 members (excludes halogenated alkanes) is 14. The van der Waals surface area contributed by atoms with Gasteiger partial charge in [-0.1, -0.05) is 104 Å². The van der Waals surface area contributed by atoms with Crippen molar-refractivity contribution < 1.29 is 9.59 Å². The van der Waals surface area contributed by atoms with Crippen LogP contribution in [0.3, 0.4) is 0 Å². The van der Waals surface area contributed by atoms with Gasteiger partial charge in [0.2, 0.25) is 0 Å². The van der Waals surface area contributed by atoms with Crippen molar-refractivity contribution in [2.45, 2.75) is 137 Å². The molecule has 0 fully saturated rings. The maximum absolute atomic E-state index is 13.8. The average molecular weight is 739 g/mol. The predicted octanol–water partition coefficient (Wildman–Crippen LogP) is 14.4. The van der Waals surface area contributed by atoms with Crippen LogP contribution in [0.5, 0.6) is 0 Å². The summed E-state index contributed by atoms with van der Waals surface area (Å²) in [5.74, 6) is -0.201. The standard InChI is InChI=1S/C44H54N2O2S3/c1-5-7-9-11-13-14-15-16-18-19-21-45-35-24-31-23-29(3)49-37(31)27-33(35)34-28-38-32(25-36(34)45)26-39(51-38)42-41-40(30(4)50-42)43(47)46(44(41)48)22-20-17-12-10-8-6-2/h23-28H,5-22H2,1-4H3. The van der Waals surface area contributed by atoms with Gasteiger partial charge in [0.05, 0.1) is 16.0 Å². The molecule has 0 bridgehead atoms. The van der Waals surface area contributed by atoms with Crippen molar-refractivity contribution in [2.24, 2.45) is 0 Å². The first-order chi connectivity index (χ1) is 24.9.